The molecule has 0 bridgehead atoms. The average Bonchev–Trinajstić information content (AvgIpc) is 2.99. The predicted octanol–water partition coefficient (Wildman–Crippen LogP) is 6.19. The summed E-state index contributed by atoms with van der Waals surface area (Å²) in [5.41, 5.74) is 3.21. The van der Waals surface area contributed by atoms with Crippen LogP contribution in [0.25, 0.3) is 0 Å². The van der Waals surface area contributed by atoms with E-state index in [9.17, 15) is 22.4 Å². The van der Waals surface area contributed by atoms with Gasteiger partial charge in [0.25, 0.3) is 10.0 Å². The fourth-order valence-electron chi connectivity index (χ4n) is 4.95. The summed E-state index contributed by atoms with van der Waals surface area (Å²) in [4.78, 5) is 29.8. The van der Waals surface area contributed by atoms with Crippen LogP contribution in [0.2, 0.25) is 0 Å². The molecule has 1 unspecified atom stereocenters. The second kappa shape index (κ2) is 14.1. The third-order valence-electron chi connectivity index (χ3n) is 7.37. The number of nitrogens with one attached hydrogen (secondary N) is 1. The Hall–Kier alpha value is -4.50. The normalized spacial score (nSPS) is 12.3. The summed E-state index contributed by atoms with van der Waals surface area (Å²) in [5.74, 6) is -1.49. The number of halogens is 1. The number of hydrogen-bond donors (Lipinski definition) is 1. The third kappa shape index (κ3) is 8.79. The number of sulfonamides is 1. The van der Waals surface area contributed by atoms with Crippen molar-refractivity contribution < 1.29 is 22.4 Å². The Morgan fingerprint density at radius 3 is 2.02 bits per heavy atom. The Balaban J connectivity index is 1.82. The van der Waals surface area contributed by atoms with E-state index in [4.69, 9.17) is 0 Å². The Kier molecular flexibility index (Phi) is 10.4. The maximum atomic E-state index is 14.5. The van der Waals surface area contributed by atoms with Crippen molar-refractivity contribution in [3.8, 4) is 0 Å². The lowest BCUT2D eigenvalue weighted by Gasteiger charge is -2.35. The number of rotatable bonds is 11. The molecule has 9 heteroatoms. The molecule has 0 aliphatic rings. The molecule has 7 nitrogen and oxygen atoms in total. The first-order valence-electron chi connectivity index (χ1n) is 14.8. The molecule has 0 saturated carbocycles. The molecule has 0 aliphatic heterocycles. The Morgan fingerprint density at radius 2 is 1.42 bits per heavy atom. The largest absolute Gasteiger partial charge is 0.350 e. The van der Waals surface area contributed by atoms with E-state index in [2.05, 4.69) is 5.32 Å². The first-order chi connectivity index (χ1) is 21.2. The summed E-state index contributed by atoms with van der Waals surface area (Å²) in [6.45, 7) is 8.91. The Morgan fingerprint density at radius 1 is 0.822 bits per heavy atom. The van der Waals surface area contributed by atoms with Crippen LogP contribution in [-0.4, -0.2) is 43.3 Å². The first kappa shape index (κ1) is 33.4. The molecule has 2 amide bonds. The van der Waals surface area contributed by atoms with Gasteiger partial charge in [-0.2, -0.15) is 0 Å². The van der Waals surface area contributed by atoms with Crippen molar-refractivity contribution in [2.45, 2.75) is 64.1 Å². The minimum absolute atomic E-state index is 0.0822. The number of nitrogens with zero attached hydrogens (tertiary/aromatic N) is 2. The van der Waals surface area contributed by atoms with E-state index >= 15 is 0 Å². The van der Waals surface area contributed by atoms with Crippen LogP contribution in [-0.2, 0) is 32.6 Å². The van der Waals surface area contributed by atoms with Gasteiger partial charge in [-0.25, -0.2) is 12.8 Å². The van der Waals surface area contributed by atoms with E-state index in [1.165, 1.54) is 17.0 Å². The molecular formula is C36H40FN3O4S. The number of amides is 2. The third-order valence-corrected chi connectivity index (χ3v) is 9.16. The highest BCUT2D eigenvalue weighted by atomic mass is 32.2. The zero-order valence-electron chi connectivity index (χ0n) is 26.3. The number of anilines is 1. The van der Waals surface area contributed by atoms with Gasteiger partial charge >= 0.3 is 0 Å². The van der Waals surface area contributed by atoms with Gasteiger partial charge in [0, 0.05) is 18.5 Å². The smallest absolute Gasteiger partial charge is 0.264 e. The maximum Gasteiger partial charge on any atom is 0.264 e. The van der Waals surface area contributed by atoms with Crippen molar-refractivity contribution >= 4 is 27.5 Å². The van der Waals surface area contributed by atoms with Gasteiger partial charge in [-0.1, -0.05) is 72.3 Å². The standard InChI is InChI=1S/C36H40FN3O4S/c1-26-15-19-31(20-16-26)40(45(43,44)32-21-17-30(37)18-22-32)25-34(41)39(24-29-14-10-9-11-27(29)2)33(35(42)38-36(3,4)5)23-28-12-7-6-8-13-28/h6-22,33H,23-25H2,1-5H3,(H,38,42). The lowest BCUT2D eigenvalue weighted by Crippen LogP contribution is -2.56. The molecule has 0 aliphatic carbocycles. The number of carbonyl (C=O) groups excluding carboxylic acids is 2. The predicted molar refractivity (Wildman–Crippen MR) is 176 cm³/mol. The summed E-state index contributed by atoms with van der Waals surface area (Å²) < 4.78 is 42.8. The fourth-order valence-corrected chi connectivity index (χ4v) is 6.37. The minimum atomic E-state index is -4.31. The molecule has 0 fully saturated rings. The molecule has 0 aromatic heterocycles. The van der Waals surface area contributed by atoms with Crippen molar-refractivity contribution in [3.63, 3.8) is 0 Å². The number of benzene rings is 4. The van der Waals surface area contributed by atoms with E-state index in [1.54, 1.807) is 24.3 Å². The van der Waals surface area contributed by atoms with Crippen molar-refractivity contribution in [2.24, 2.45) is 0 Å². The van der Waals surface area contributed by atoms with E-state index in [0.717, 1.165) is 38.7 Å². The fraction of sp³-hybridized carbons (Fsp3) is 0.278. The molecule has 0 radical (unpaired) electrons. The molecule has 0 heterocycles. The molecule has 1 N–H and O–H groups in total. The van der Waals surface area contributed by atoms with Crippen molar-refractivity contribution in [3.05, 3.63) is 131 Å². The number of aryl methyl sites for hydroxylation is 2. The topological polar surface area (TPSA) is 86.8 Å². The highest BCUT2D eigenvalue weighted by Gasteiger charge is 2.35. The van der Waals surface area contributed by atoms with E-state index in [1.807, 2.05) is 89.2 Å². The van der Waals surface area contributed by atoms with Crippen molar-refractivity contribution in [1.29, 1.82) is 0 Å². The lowest BCUT2D eigenvalue weighted by atomic mass is 10.00. The molecular weight excluding hydrogens is 589 g/mol. The molecule has 1 atom stereocenters. The van der Waals surface area contributed by atoms with Gasteiger partial charge in [0.15, 0.2) is 0 Å². The SMILES string of the molecule is Cc1ccc(N(CC(=O)N(Cc2ccccc2C)C(Cc2ccccc2)C(=O)NC(C)(C)C)S(=O)(=O)c2ccc(F)cc2)cc1. The summed E-state index contributed by atoms with van der Waals surface area (Å²) in [7, 11) is -4.31. The van der Waals surface area contributed by atoms with Gasteiger partial charge < -0.3 is 10.2 Å². The molecule has 4 aromatic carbocycles. The van der Waals surface area contributed by atoms with Crippen molar-refractivity contribution in [1.82, 2.24) is 10.2 Å². The van der Waals surface area contributed by atoms with E-state index in [-0.39, 0.29) is 29.5 Å². The van der Waals surface area contributed by atoms with E-state index < -0.39 is 39.9 Å². The molecule has 4 aromatic rings. The zero-order valence-corrected chi connectivity index (χ0v) is 27.1. The summed E-state index contributed by atoms with van der Waals surface area (Å²) >= 11 is 0. The summed E-state index contributed by atoms with van der Waals surface area (Å²) in [6, 6.07) is 27.3. The van der Waals surface area contributed by atoms with Crippen LogP contribution in [0.4, 0.5) is 10.1 Å². The molecule has 45 heavy (non-hydrogen) atoms. The van der Waals surface area contributed by atoms with Crippen LogP contribution < -0.4 is 9.62 Å². The number of carbonyl (C=O) groups is 2. The molecule has 0 saturated heterocycles. The lowest BCUT2D eigenvalue weighted by molar-refractivity contribution is -0.140. The minimum Gasteiger partial charge on any atom is -0.350 e. The molecule has 0 spiro atoms. The van der Waals surface area contributed by atoms with Gasteiger partial charge in [0.2, 0.25) is 11.8 Å². The van der Waals surface area contributed by atoms with Gasteiger partial charge in [-0.05, 0) is 87.7 Å². The monoisotopic (exact) mass is 629 g/mol. The summed E-state index contributed by atoms with van der Waals surface area (Å²) in [6.07, 6.45) is 0.218. The van der Waals surface area contributed by atoms with E-state index in [0.29, 0.717) is 0 Å². The van der Waals surface area contributed by atoms with Crippen molar-refractivity contribution in [2.75, 3.05) is 10.8 Å². The van der Waals surface area contributed by atoms with Gasteiger partial charge in [-0.15, -0.1) is 0 Å². The average molecular weight is 630 g/mol. The van der Waals surface area contributed by atoms with Crippen LogP contribution >= 0.6 is 0 Å². The summed E-state index contributed by atoms with van der Waals surface area (Å²) in [5, 5.41) is 3.03. The second-order valence-corrected chi connectivity index (χ2v) is 14.1. The zero-order chi connectivity index (χ0) is 32.8. The Bertz CT molecular complexity index is 1720. The van der Waals surface area contributed by atoms with Crippen LogP contribution in [0.15, 0.2) is 108 Å². The van der Waals surface area contributed by atoms with Crippen LogP contribution in [0.3, 0.4) is 0 Å². The maximum absolute atomic E-state index is 14.5. The van der Waals surface area contributed by atoms with Gasteiger partial charge in [0.1, 0.15) is 18.4 Å². The first-order valence-corrected chi connectivity index (χ1v) is 16.2. The van der Waals surface area contributed by atoms with Crippen LogP contribution in [0.1, 0.15) is 43.0 Å². The quantitative estimate of drug-likeness (QED) is 0.214. The number of hydrogen-bond acceptors (Lipinski definition) is 4. The second-order valence-electron chi connectivity index (χ2n) is 12.2. The highest BCUT2D eigenvalue weighted by Crippen LogP contribution is 2.26. The van der Waals surface area contributed by atoms with Crippen LogP contribution in [0, 0.1) is 19.7 Å². The molecule has 4 rings (SSSR count). The Labute approximate surface area is 265 Å². The van der Waals surface area contributed by atoms with Crippen LogP contribution in [0.5, 0.6) is 0 Å². The van der Waals surface area contributed by atoms with Gasteiger partial charge in [-0.3, -0.25) is 13.9 Å². The highest BCUT2D eigenvalue weighted by molar-refractivity contribution is 7.92. The van der Waals surface area contributed by atoms with Gasteiger partial charge in [0.05, 0.1) is 10.6 Å². The molecule has 236 valence electrons.